The summed E-state index contributed by atoms with van der Waals surface area (Å²) in [6.45, 7) is 0.333. The second kappa shape index (κ2) is 6.10. The number of benzene rings is 1. The van der Waals surface area contributed by atoms with Crippen LogP contribution in [0.3, 0.4) is 0 Å². The molecule has 0 spiro atoms. The van der Waals surface area contributed by atoms with Gasteiger partial charge in [0.2, 0.25) is 5.91 Å². The Morgan fingerprint density at radius 2 is 2.16 bits per heavy atom. The number of nitrogens with one attached hydrogen (secondary N) is 2. The third kappa shape index (κ3) is 3.62. The molecule has 0 saturated heterocycles. The fourth-order valence-electron chi connectivity index (χ4n) is 1.76. The van der Waals surface area contributed by atoms with Crippen LogP contribution in [-0.4, -0.2) is 22.6 Å². The van der Waals surface area contributed by atoms with E-state index in [1.54, 1.807) is 0 Å². The van der Waals surface area contributed by atoms with E-state index in [0.717, 1.165) is 11.1 Å². The fourth-order valence-corrected chi connectivity index (χ4v) is 1.76. The number of hydrogen-bond acceptors (Lipinski definition) is 4. The molecule has 1 aliphatic heterocycles. The molecule has 100 valence electrons. The van der Waals surface area contributed by atoms with Gasteiger partial charge in [-0.2, -0.15) is 5.10 Å². The molecule has 1 aliphatic rings. The number of carbonyl (C=O) groups is 2. The van der Waals surface area contributed by atoms with Crippen molar-refractivity contribution in [2.75, 3.05) is 0 Å². The highest BCUT2D eigenvalue weighted by atomic mass is 16.3. The van der Waals surface area contributed by atoms with Crippen LogP contribution >= 0.6 is 0 Å². The van der Waals surface area contributed by atoms with Gasteiger partial charge < -0.3 is 10.4 Å². The van der Waals surface area contributed by atoms with E-state index in [0.29, 0.717) is 18.7 Å². The van der Waals surface area contributed by atoms with E-state index in [2.05, 4.69) is 15.8 Å². The standard InChI is InChI=1S/C13H15N3O3/c17-8-10-3-1-2-9(6-10)7-14-13(19)11-4-5-12(18)16-15-11/h1-3,6,17H,4-5,7-8H2,(H,14,19)(H,16,18). The lowest BCUT2D eigenvalue weighted by atomic mass is 10.1. The molecule has 2 amide bonds. The maximum absolute atomic E-state index is 11.8. The molecule has 6 heteroatoms. The Morgan fingerprint density at radius 3 is 2.84 bits per heavy atom. The molecule has 19 heavy (non-hydrogen) atoms. The maximum Gasteiger partial charge on any atom is 0.267 e. The number of rotatable bonds is 4. The SMILES string of the molecule is O=C1CCC(C(=O)NCc2cccc(CO)c2)=NN1. The molecule has 0 atom stereocenters. The lowest BCUT2D eigenvalue weighted by molar-refractivity contribution is -0.121. The maximum atomic E-state index is 11.8. The normalized spacial score (nSPS) is 14.6. The number of aliphatic hydroxyl groups is 1. The van der Waals surface area contributed by atoms with Gasteiger partial charge in [0.15, 0.2) is 0 Å². The van der Waals surface area contributed by atoms with Crippen molar-refractivity contribution in [2.45, 2.75) is 26.0 Å². The fraction of sp³-hybridized carbons (Fsp3) is 0.308. The Kier molecular flexibility index (Phi) is 4.25. The molecule has 1 heterocycles. The van der Waals surface area contributed by atoms with E-state index in [-0.39, 0.29) is 24.8 Å². The molecule has 3 N–H and O–H groups in total. The highest BCUT2D eigenvalue weighted by molar-refractivity contribution is 6.39. The molecule has 1 aromatic carbocycles. The van der Waals surface area contributed by atoms with Crippen LogP contribution in [0.4, 0.5) is 0 Å². The van der Waals surface area contributed by atoms with Crippen LogP contribution in [0.15, 0.2) is 29.4 Å². The Labute approximate surface area is 110 Å². The summed E-state index contributed by atoms with van der Waals surface area (Å²) >= 11 is 0. The molecule has 6 nitrogen and oxygen atoms in total. The van der Waals surface area contributed by atoms with E-state index in [1.807, 2.05) is 24.3 Å². The zero-order valence-corrected chi connectivity index (χ0v) is 10.3. The van der Waals surface area contributed by atoms with E-state index in [9.17, 15) is 9.59 Å². The van der Waals surface area contributed by atoms with Crippen LogP contribution in [-0.2, 0) is 22.7 Å². The summed E-state index contributed by atoms with van der Waals surface area (Å²) in [5, 5.41) is 15.5. The van der Waals surface area contributed by atoms with E-state index in [1.165, 1.54) is 0 Å². The Morgan fingerprint density at radius 1 is 1.37 bits per heavy atom. The first-order chi connectivity index (χ1) is 9.19. The van der Waals surface area contributed by atoms with Gasteiger partial charge in [0, 0.05) is 19.4 Å². The van der Waals surface area contributed by atoms with Crippen molar-refractivity contribution >= 4 is 17.5 Å². The van der Waals surface area contributed by atoms with Crippen LogP contribution in [0.1, 0.15) is 24.0 Å². The lowest BCUT2D eigenvalue weighted by Gasteiger charge is -2.12. The summed E-state index contributed by atoms with van der Waals surface area (Å²) in [5.74, 6) is -0.457. The van der Waals surface area contributed by atoms with Gasteiger partial charge in [0.1, 0.15) is 5.71 Å². The zero-order valence-electron chi connectivity index (χ0n) is 10.3. The van der Waals surface area contributed by atoms with Crippen molar-refractivity contribution < 1.29 is 14.7 Å². The average Bonchev–Trinajstić information content (AvgIpc) is 2.46. The monoisotopic (exact) mass is 261 g/mol. The summed E-state index contributed by atoms with van der Waals surface area (Å²) in [4.78, 5) is 22.7. The molecule has 0 unspecified atom stereocenters. The summed E-state index contributed by atoms with van der Waals surface area (Å²) in [6, 6.07) is 7.33. The summed E-state index contributed by atoms with van der Waals surface area (Å²) in [5.41, 5.74) is 4.32. The largest absolute Gasteiger partial charge is 0.392 e. The number of hydrazone groups is 1. The van der Waals surface area contributed by atoms with Crippen LogP contribution in [0.5, 0.6) is 0 Å². The second-order valence-electron chi connectivity index (χ2n) is 4.25. The number of nitrogens with zero attached hydrogens (tertiary/aromatic N) is 1. The molecule has 0 bridgehead atoms. The summed E-state index contributed by atoms with van der Waals surface area (Å²) in [7, 11) is 0. The molecule has 0 saturated carbocycles. The minimum absolute atomic E-state index is 0.0273. The molecule has 2 rings (SSSR count). The van der Waals surface area contributed by atoms with E-state index >= 15 is 0 Å². The zero-order chi connectivity index (χ0) is 13.7. The van der Waals surface area contributed by atoms with Gasteiger partial charge in [0.05, 0.1) is 6.61 Å². The third-order valence-electron chi connectivity index (χ3n) is 2.79. The molecular weight excluding hydrogens is 246 g/mol. The molecule has 1 aromatic rings. The second-order valence-corrected chi connectivity index (χ2v) is 4.25. The minimum Gasteiger partial charge on any atom is -0.392 e. The van der Waals surface area contributed by atoms with Crippen molar-refractivity contribution in [3.63, 3.8) is 0 Å². The average molecular weight is 261 g/mol. The van der Waals surface area contributed by atoms with Gasteiger partial charge in [0.25, 0.3) is 5.91 Å². The predicted molar refractivity (Wildman–Crippen MR) is 69.0 cm³/mol. The van der Waals surface area contributed by atoms with E-state index < -0.39 is 0 Å². The van der Waals surface area contributed by atoms with Gasteiger partial charge in [-0.3, -0.25) is 9.59 Å². The van der Waals surface area contributed by atoms with Gasteiger partial charge in [-0.05, 0) is 11.1 Å². The van der Waals surface area contributed by atoms with Crippen molar-refractivity contribution in [1.82, 2.24) is 10.7 Å². The van der Waals surface area contributed by atoms with Crippen LogP contribution in [0.25, 0.3) is 0 Å². The van der Waals surface area contributed by atoms with Crippen LogP contribution in [0.2, 0.25) is 0 Å². The van der Waals surface area contributed by atoms with Crippen molar-refractivity contribution in [1.29, 1.82) is 0 Å². The number of amides is 2. The Bertz CT molecular complexity index is 526. The minimum atomic E-state index is -0.283. The quantitative estimate of drug-likeness (QED) is 0.716. The topological polar surface area (TPSA) is 90.8 Å². The summed E-state index contributed by atoms with van der Waals surface area (Å²) in [6.07, 6.45) is 0.639. The third-order valence-corrected chi connectivity index (χ3v) is 2.79. The number of carbonyl (C=O) groups excluding carboxylic acids is 2. The van der Waals surface area contributed by atoms with E-state index in [4.69, 9.17) is 5.11 Å². The van der Waals surface area contributed by atoms with Gasteiger partial charge in [-0.15, -0.1) is 0 Å². The smallest absolute Gasteiger partial charge is 0.267 e. The Balaban J connectivity index is 1.91. The molecule has 0 aromatic heterocycles. The number of aliphatic hydroxyl groups excluding tert-OH is 1. The molecule has 0 radical (unpaired) electrons. The van der Waals surface area contributed by atoms with Crippen molar-refractivity contribution in [3.05, 3.63) is 35.4 Å². The van der Waals surface area contributed by atoms with Crippen molar-refractivity contribution in [2.24, 2.45) is 5.10 Å². The van der Waals surface area contributed by atoms with Gasteiger partial charge >= 0.3 is 0 Å². The molecule has 0 fully saturated rings. The number of hydrogen-bond donors (Lipinski definition) is 3. The first-order valence-electron chi connectivity index (χ1n) is 6.01. The van der Waals surface area contributed by atoms with Crippen LogP contribution < -0.4 is 10.7 Å². The predicted octanol–water partition coefficient (Wildman–Crippen LogP) is 0.0611. The molecular formula is C13H15N3O3. The van der Waals surface area contributed by atoms with Crippen LogP contribution in [0, 0.1) is 0 Å². The highest BCUT2D eigenvalue weighted by Crippen LogP contribution is 2.05. The first-order valence-corrected chi connectivity index (χ1v) is 6.01. The molecule has 0 aliphatic carbocycles. The van der Waals surface area contributed by atoms with Gasteiger partial charge in [-0.1, -0.05) is 24.3 Å². The van der Waals surface area contributed by atoms with Crippen molar-refractivity contribution in [3.8, 4) is 0 Å². The summed E-state index contributed by atoms with van der Waals surface area (Å²) < 4.78 is 0. The lowest BCUT2D eigenvalue weighted by Crippen LogP contribution is -2.36. The van der Waals surface area contributed by atoms with Gasteiger partial charge in [-0.25, -0.2) is 5.43 Å². The highest BCUT2D eigenvalue weighted by Gasteiger charge is 2.17. The first kappa shape index (κ1) is 13.2. The Hall–Kier alpha value is -2.21.